The lowest BCUT2D eigenvalue weighted by Crippen LogP contribution is -2.36. The molecule has 0 fully saturated rings. The van der Waals surface area contributed by atoms with E-state index in [2.05, 4.69) is 5.32 Å². The van der Waals surface area contributed by atoms with Gasteiger partial charge in [-0.3, -0.25) is 4.79 Å². The predicted molar refractivity (Wildman–Crippen MR) is 91.1 cm³/mol. The maximum Gasteiger partial charge on any atom is 0.258 e. The number of benzene rings is 2. The summed E-state index contributed by atoms with van der Waals surface area (Å²) in [5, 5.41) is 3.23. The van der Waals surface area contributed by atoms with Crippen molar-refractivity contribution in [3.8, 4) is 17.2 Å². The first-order valence-electron chi connectivity index (χ1n) is 7.79. The van der Waals surface area contributed by atoms with Gasteiger partial charge in [-0.25, -0.2) is 0 Å². The molecule has 0 aliphatic carbocycles. The van der Waals surface area contributed by atoms with Gasteiger partial charge in [0.25, 0.3) is 5.91 Å². The maximum absolute atomic E-state index is 12.3. The minimum Gasteiger partial charge on any atom is -0.490 e. The van der Waals surface area contributed by atoms with Gasteiger partial charge in [0, 0.05) is 5.56 Å². The molecule has 1 heterocycles. The van der Waals surface area contributed by atoms with Gasteiger partial charge in [0.1, 0.15) is 5.75 Å². The first-order valence-corrected chi connectivity index (χ1v) is 8.17. The summed E-state index contributed by atoms with van der Waals surface area (Å²) >= 11 is 6.33. The molecule has 0 bridgehead atoms. The summed E-state index contributed by atoms with van der Waals surface area (Å²) < 4.78 is 17.1. The number of hydrogen-bond donors (Lipinski definition) is 1. The third kappa shape index (κ3) is 3.12. The van der Waals surface area contributed by atoms with Crippen LogP contribution >= 0.6 is 11.6 Å². The molecule has 0 radical (unpaired) electrons. The third-order valence-electron chi connectivity index (χ3n) is 3.56. The lowest BCUT2D eigenvalue weighted by Gasteiger charge is -2.27. The van der Waals surface area contributed by atoms with E-state index in [0.717, 1.165) is 0 Å². The quantitative estimate of drug-likeness (QED) is 0.889. The number of para-hydroxylation sites is 1. The molecule has 2 aromatic carbocycles. The second-order valence-electron chi connectivity index (χ2n) is 5.16. The van der Waals surface area contributed by atoms with Gasteiger partial charge in [-0.15, -0.1) is 0 Å². The summed E-state index contributed by atoms with van der Waals surface area (Å²) in [4.78, 5) is 12.3. The monoisotopic (exact) mass is 347 g/mol. The van der Waals surface area contributed by atoms with Crippen molar-refractivity contribution in [3.63, 3.8) is 0 Å². The Balaban J connectivity index is 1.97. The van der Waals surface area contributed by atoms with Crippen molar-refractivity contribution < 1.29 is 19.0 Å². The van der Waals surface area contributed by atoms with E-state index in [1.54, 1.807) is 30.3 Å². The predicted octanol–water partition coefficient (Wildman–Crippen LogP) is 3.96. The second-order valence-corrected chi connectivity index (χ2v) is 5.57. The second kappa shape index (κ2) is 7.01. The highest BCUT2D eigenvalue weighted by Crippen LogP contribution is 2.39. The van der Waals surface area contributed by atoms with E-state index in [9.17, 15) is 4.79 Å². The molecule has 24 heavy (non-hydrogen) atoms. The van der Waals surface area contributed by atoms with Crippen LogP contribution < -0.4 is 19.5 Å². The highest BCUT2D eigenvalue weighted by atomic mass is 35.5. The van der Waals surface area contributed by atoms with Crippen molar-refractivity contribution in [2.75, 3.05) is 13.2 Å². The van der Waals surface area contributed by atoms with Crippen molar-refractivity contribution in [3.05, 3.63) is 52.5 Å². The highest BCUT2D eigenvalue weighted by Gasteiger charge is 2.27. The molecule has 1 N–H and O–H groups in total. The minimum absolute atomic E-state index is 0.190. The first kappa shape index (κ1) is 16.5. The average molecular weight is 348 g/mol. The summed E-state index contributed by atoms with van der Waals surface area (Å²) in [6.07, 6.45) is -0.639. The van der Waals surface area contributed by atoms with Crippen molar-refractivity contribution in [2.24, 2.45) is 0 Å². The SMILES string of the molecule is CCOc1cc([C@H]2NC(=O)c3ccccc3O2)cc(Cl)c1OCC. The fourth-order valence-corrected chi connectivity index (χ4v) is 2.82. The zero-order chi connectivity index (χ0) is 17.1. The molecule has 0 saturated heterocycles. The van der Waals surface area contributed by atoms with Crippen LogP contribution in [0.3, 0.4) is 0 Å². The van der Waals surface area contributed by atoms with E-state index in [-0.39, 0.29) is 5.91 Å². The molecule has 1 amide bonds. The molecule has 3 rings (SSSR count). The van der Waals surface area contributed by atoms with Crippen LogP contribution in [0.5, 0.6) is 17.2 Å². The number of carbonyl (C=O) groups is 1. The number of hydrogen-bond acceptors (Lipinski definition) is 4. The summed E-state index contributed by atoms with van der Waals surface area (Å²) in [5.74, 6) is 1.37. The van der Waals surface area contributed by atoms with Crippen LogP contribution in [0.1, 0.15) is 36.0 Å². The number of carbonyl (C=O) groups excluding carboxylic acids is 1. The summed E-state index contributed by atoms with van der Waals surface area (Å²) in [6.45, 7) is 4.70. The maximum atomic E-state index is 12.3. The number of halogens is 1. The molecule has 2 aromatic rings. The van der Waals surface area contributed by atoms with Crippen LogP contribution in [-0.4, -0.2) is 19.1 Å². The average Bonchev–Trinajstić information content (AvgIpc) is 2.58. The Bertz CT molecular complexity index is 763. The molecular weight excluding hydrogens is 330 g/mol. The molecule has 126 valence electrons. The molecule has 1 aliphatic rings. The van der Waals surface area contributed by atoms with Crippen LogP contribution in [0.15, 0.2) is 36.4 Å². The minimum atomic E-state index is -0.639. The zero-order valence-electron chi connectivity index (χ0n) is 13.5. The van der Waals surface area contributed by atoms with Crippen molar-refractivity contribution in [2.45, 2.75) is 20.1 Å². The van der Waals surface area contributed by atoms with Gasteiger partial charge in [0.05, 0.1) is 23.8 Å². The van der Waals surface area contributed by atoms with E-state index in [0.29, 0.717) is 46.6 Å². The smallest absolute Gasteiger partial charge is 0.258 e. The van der Waals surface area contributed by atoms with Crippen LogP contribution in [-0.2, 0) is 0 Å². The van der Waals surface area contributed by atoms with E-state index in [1.807, 2.05) is 19.9 Å². The van der Waals surface area contributed by atoms with Crippen LogP contribution in [0.4, 0.5) is 0 Å². The topological polar surface area (TPSA) is 56.8 Å². The lowest BCUT2D eigenvalue weighted by molar-refractivity contribution is 0.0755. The van der Waals surface area contributed by atoms with Crippen molar-refractivity contribution in [1.82, 2.24) is 5.32 Å². The fraction of sp³-hybridized carbons (Fsp3) is 0.278. The Morgan fingerprint density at radius 1 is 1.17 bits per heavy atom. The Morgan fingerprint density at radius 3 is 2.67 bits per heavy atom. The summed E-state index contributed by atoms with van der Waals surface area (Å²) in [5.41, 5.74) is 1.20. The van der Waals surface area contributed by atoms with Gasteiger partial charge < -0.3 is 19.5 Å². The first-order chi connectivity index (χ1) is 11.6. The number of nitrogens with one attached hydrogen (secondary N) is 1. The lowest BCUT2D eigenvalue weighted by atomic mass is 10.1. The molecule has 6 heteroatoms. The van der Waals surface area contributed by atoms with E-state index in [1.165, 1.54) is 0 Å². The van der Waals surface area contributed by atoms with Crippen LogP contribution in [0, 0.1) is 0 Å². The standard InChI is InChI=1S/C18H18ClNO4/c1-3-22-15-10-11(9-13(19)16(15)23-4-2)18-20-17(21)12-7-5-6-8-14(12)24-18/h5-10,18H,3-4H2,1-2H3,(H,20,21)/t18-/m0/s1. The number of fused-ring (bicyclic) bond motifs is 1. The Kier molecular flexibility index (Phi) is 4.81. The molecule has 1 aliphatic heterocycles. The van der Waals surface area contributed by atoms with Gasteiger partial charge >= 0.3 is 0 Å². The van der Waals surface area contributed by atoms with E-state index >= 15 is 0 Å². The number of ether oxygens (including phenoxy) is 3. The van der Waals surface area contributed by atoms with E-state index < -0.39 is 6.23 Å². The van der Waals surface area contributed by atoms with Gasteiger partial charge in [0.15, 0.2) is 17.7 Å². The Hall–Kier alpha value is -2.40. The Morgan fingerprint density at radius 2 is 1.92 bits per heavy atom. The molecule has 0 spiro atoms. The highest BCUT2D eigenvalue weighted by molar-refractivity contribution is 6.32. The largest absolute Gasteiger partial charge is 0.490 e. The molecule has 1 atom stereocenters. The van der Waals surface area contributed by atoms with Crippen LogP contribution in [0.25, 0.3) is 0 Å². The number of amides is 1. The van der Waals surface area contributed by atoms with Gasteiger partial charge in [-0.05, 0) is 38.1 Å². The molecular formula is C18H18ClNO4. The fourth-order valence-electron chi connectivity index (χ4n) is 2.55. The molecule has 0 saturated carbocycles. The van der Waals surface area contributed by atoms with Gasteiger partial charge in [-0.2, -0.15) is 0 Å². The molecule has 0 aromatic heterocycles. The van der Waals surface area contributed by atoms with Gasteiger partial charge in [0.2, 0.25) is 0 Å². The van der Waals surface area contributed by atoms with E-state index in [4.69, 9.17) is 25.8 Å². The summed E-state index contributed by atoms with van der Waals surface area (Å²) in [6, 6.07) is 10.6. The zero-order valence-corrected chi connectivity index (χ0v) is 14.2. The van der Waals surface area contributed by atoms with Crippen molar-refractivity contribution in [1.29, 1.82) is 0 Å². The molecule has 5 nitrogen and oxygen atoms in total. The Labute approximate surface area is 145 Å². The molecule has 0 unspecified atom stereocenters. The summed E-state index contributed by atoms with van der Waals surface area (Å²) in [7, 11) is 0. The normalized spacial score (nSPS) is 16.0. The van der Waals surface area contributed by atoms with Crippen LogP contribution in [0.2, 0.25) is 5.02 Å². The van der Waals surface area contributed by atoms with Gasteiger partial charge in [-0.1, -0.05) is 23.7 Å². The third-order valence-corrected chi connectivity index (χ3v) is 3.84. The van der Waals surface area contributed by atoms with Crippen molar-refractivity contribution >= 4 is 17.5 Å². The number of rotatable bonds is 5.